The van der Waals surface area contributed by atoms with E-state index in [1.165, 1.54) is 11.8 Å². The molecule has 0 unspecified atom stereocenters. The van der Waals surface area contributed by atoms with Crippen LogP contribution in [0.5, 0.6) is 0 Å². The molecule has 3 rings (SSSR count). The maximum atomic E-state index is 12.4. The van der Waals surface area contributed by atoms with Gasteiger partial charge in [0.15, 0.2) is 6.61 Å². The van der Waals surface area contributed by atoms with Crippen molar-refractivity contribution in [3.63, 3.8) is 0 Å². The molecule has 2 aliphatic rings. The van der Waals surface area contributed by atoms with Gasteiger partial charge < -0.3 is 10.1 Å². The van der Waals surface area contributed by atoms with Crippen LogP contribution < -0.4 is 5.32 Å². The molecule has 29 heavy (non-hydrogen) atoms. The predicted molar refractivity (Wildman–Crippen MR) is 105 cm³/mol. The highest BCUT2D eigenvalue weighted by Crippen LogP contribution is 2.37. The molecule has 1 saturated heterocycles. The molecule has 0 bridgehead atoms. The van der Waals surface area contributed by atoms with Gasteiger partial charge in [-0.15, -0.1) is 11.8 Å². The number of fused-ring (bicyclic) bond motifs is 1. The number of carbonyl (C=O) groups is 4. The van der Waals surface area contributed by atoms with Gasteiger partial charge in [-0.2, -0.15) is 5.26 Å². The summed E-state index contributed by atoms with van der Waals surface area (Å²) < 4.78 is 4.95. The highest BCUT2D eigenvalue weighted by molar-refractivity contribution is 7.99. The van der Waals surface area contributed by atoms with E-state index in [9.17, 15) is 19.2 Å². The molecular formula is C20H21N3O5S. The molecule has 3 amide bonds. The number of para-hydroxylation sites is 1. The summed E-state index contributed by atoms with van der Waals surface area (Å²) in [5.41, 5.74) is 0.516. The zero-order valence-corrected chi connectivity index (χ0v) is 16.6. The van der Waals surface area contributed by atoms with Crippen LogP contribution in [0.15, 0.2) is 29.2 Å². The van der Waals surface area contributed by atoms with Gasteiger partial charge in [-0.1, -0.05) is 25.0 Å². The normalized spacial score (nSPS) is 20.7. The van der Waals surface area contributed by atoms with E-state index in [4.69, 9.17) is 10.00 Å². The molecule has 152 valence electrons. The van der Waals surface area contributed by atoms with E-state index in [1.54, 1.807) is 24.3 Å². The number of hydrogen-bond donors (Lipinski definition) is 1. The SMILES string of the molecule is N#CCSc1ccccc1NC(=O)COC(=O)CN1C(=O)[C@H]2CCCC[C@@H]2C1=O. The van der Waals surface area contributed by atoms with E-state index in [-0.39, 0.29) is 29.4 Å². The number of nitriles is 1. The number of carbonyl (C=O) groups excluding carboxylic acids is 4. The Balaban J connectivity index is 1.50. The van der Waals surface area contributed by atoms with Crippen LogP contribution in [0, 0.1) is 23.2 Å². The molecule has 2 atom stereocenters. The van der Waals surface area contributed by atoms with Gasteiger partial charge in [0, 0.05) is 4.90 Å². The van der Waals surface area contributed by atoms with E-state index in [1.807, 2.05) is 6.07 Å². The number of rotatable bonds is 7. The summed E-state index contributed by atoms with van der Waals surface area (Å²) in [4.78, 5) is 50.6. The molecule has 0 radical (unpaired) electrons. The van der Waals surface area contributed by atoms with Gasteiger partial charge in [0.05, 0.1) is 29.3 Å². The van der Waals surface area contributed by atoms with Gasteiger partial charge in [0.1, 0.15) is 6.54 Å². The summed E-state index contributed by atoms with van der Waals surface area (Å²) in [7, 11) is 0. The fourth-order valence-electron chi connectivity index (χ4n) is 3.70. The lowest BCUT2D eigenvalue weighted by Crippen LogP contribution is -2.37. The lowest BCUT2D eigenvalue weighted by molar-refractivity contribution is -0.154. The van der Waals surface area contributed by atoms with Crippen molar-refractivity contribution >= 4 is 41.1 Å². The van der Waals surface area contributed by atoms with Crippen molar-refractivity contribution in [2.24, 2.45) is 11.8 Å². The van der Waals surface area contributed by atoms with Crippen LogP contribution in [0.3, 0.4) is 0 Å². The molecule has 8 nitrogen and oxygen atoms in total. The van der Waals surface area contributed by atoms with Gasteiger partial charge in [-0.05, 0) is 25.0 Å². The molecule has 0 spiro atoms. The van der Waals surface area contributed by atoms with Gasteiger partial charge in [0.2, 0.25) is 11.8 Å². The van der Waals surface area contributed by atoms with Crippen molar-refractivity contribution in [3.8, 4) is 6.07 Å². The van der Waals surface area contributed by atoms with Gasteiger partial charge in [0.25, 0.3) is 5.91 Å². The molecule has 9 heteroatoms. The van der Waals surface area contributed by atoms with Crippen LogP contribution in [-0.4, -0.2) is 47.5 Å². The van der Waals surface area contributed by atoms with Gasteiger partial charge in [-0.3, -0.25) is 24.1 Å². The third-order valence-electron chi connectivity index (χ3n) is 5.04. The second-order valence-electron chi connectivity index (χ2n) is 6.91. The fourth-order valence-corrected chi connectivity index (χ4v) is 4.37. The molecule has 1 saturated carbocycles. The second kappa shape index (κ2) is 9.56. The largest absolute Gasteiger partial charge is 0.454 e. The Morgan fingerprint density at radius 2 is 1.83 bits per heavy atom. The van der Waals surface area contributed by atoms with Crippen molar-refractivity contribution in [3.05, 3.63) is 24.3 Å². The Morgan fingerprint density at radius 3 is 2.48 bits per heavy atom. The first-order chi connectivity index (χ1) is 14.0. The summed E-state index contributed by atoms with van der Waals surface area (Å²) >= 11 is 1.28. The number of nitrogens with zero attached hydrogens (tertiary/aromatic N) is 2. The molecule has 1 aliphatic heterocycles. The summed E-state index contributed by atoms with van der Waals surface area (Å²) in [6, 6.07) is 9.00. The average Bonchev–Trinajstić information content (AvgIpc) is 2.97. The van der Waals surface area contributed by atoms with E-state index in [2.05, 4.69) is 5.32 Å². The van der Waals surface area contributed by atoms with Crippen LogP contribution in [0.4, 0.5) is 5.69 Å². The minimum absolute atomic E-state index is 0.238. The number of hydrogen-bond acceptors (Lipinski definition) is 7. The van der Waals surface area contributed by atoms with Crippen molar-refractivity contribution in [1.29, 1.82) is 5.26 Å². The first-order valence-corrected chi connectivity index (χ1v) is 10.4. The molecule has 0 aromatic heterocycles. The van der Waals surface area contributed by atoms with Crippen molar-refractivity contribution in [2.45, 2.75) is 30.6 Å². The summed E-state index contributed by atoms with van der Waals surface area (Å²) in [6.07, 6.45) is 3.17. The van der Waals surface area contributed by atoms with Crippen LogP contribution >= 0.6 is 11.8 Å². The van der Waals surface area contributed by atoms with Gasteiger partial charge >= 0.3 is 5.97 Å². The molecule has 1 N–H and O–H groups in total. The van der Waals surface area contributed by atoms with Crippen molar-refractivity contribution in [2.75, 3.05) is 24.2 Å². The van der Waals surface area contributed by atoms with E-state index in [0.29, 0.717) is 18.5 Å². The number of ether oxygens (including phenoxy) is 1. The molecular weight excluding hydrogens is 394 g/mol. The van der Waals surface area contributed by atoms with Gasteiger partial charge in [-0.25, -0.2) is 0 Å². The fraction of sp³-hybridized carbons (Fsp3) is 0.450. The quantitative estimate of drug-likeness (QED) is 0.411. The lowest BCUT2D eigenvalue weighted by Gasteiger charge is -2.19. The number of anilines is 1. The monoisotopic (exact) mass is 415 g/mol. The Bertz CT molecular complexity index is 842. The Kier molecular flexibility index (Phi) is 6.88. The third kappa shape index (κ3) is 4.95. The number of amides is 3. The minimum Gasteiger partial charge on any atom is -0.454 e. The number of benzene rings is 1. The van der Waals surface area contributed by atoms with E-state index >= 15 is 0 Å². The highest BCUT2D eigenvalue weighted by atomic mass is 32.2. The standard InChI is InChI=1S/C20H21N3O5S/c21-9-10-29-16-8-4-3-7-15(16)22-17(24)12-28-18(25)11-23-19(26)13-5-1-2-6-14(13)20(23)27/h3-4,7-8,13-14H,1-2,5-6,10-12H2,(H,22,24)/t13-,14-/m0/s1. The third-order valence-corrected chi connectivity index (χ3v) is 5.98. The summed E-state index contributed by atoms with van der Waals surface area (Å²) in [6.45, 7) is -0.994. The van der Waals surface area contributed by atoms with E-state index in [0.717, 1.165) is 22.6 Å². The van der Waals surface area contributed by atoms with Crippen LogP contribution in [0.2, 0.25) is 0 Å². The molecule has 1 aromatic rings. The Hall–Kier alpha value is -2.86. The zero-order valence-electron chi connectivity index (χ0n) is 15.8. The minimum atomic E-state index is -0.798. The number of imide groups is 1. The highest BCUT2D eigenvalue weighted by Gasteiger charge is 2.48. The van der Waals surface area contributed by atoms with Crippen molar-refractivity contribution in [1.82, 2.24) is 4.90 Å². The van der Waals surface area contributed by atoms with E-state index < -0.39 is 25.0 Å². The summed E-state index contributed by atoms with van der Waals surface area (Å²) in [5, 5.41) is 11.3. The second-order valence-corrected chi connectivity index (χ2v) is 7.93. The van der Waals surface area contributed by atoms with Crippen LogP contribution in [0.25, 0.3) is 0 Å². The maximum Gasteiger partial charge on any atom is 0.326 e. The zero-order chi connectivity index (χ0) is 20.8. The topological polar surface area (TPSA) is 117 Å². The lowest BCUT2D eigenvalue weighted by atomic mass is 9.81. The molecule has 1 aromatic carbocycles. The number of likely N-dealkylation sites (tertiary alicyclic amines) is 1. The first kappa shape index (κ1) is 20.9. The molecule has 1 aliphatic carbocycles. The van der Waals surface area contributed by atoms with Crippen LogP contribution in [0.1, 0.15) is 25.7 Å². The van der Waals surface area contributed by atoms with Crippen LogP contribution in [-0.2, 0) is 23.9 Å². The Labute approximate surface area is 172 Å². The summed E-state index contributed by atoms with van der Waals surface area (Å²) in [5.74, 6) is -2.38. The average molecular weight is 415 g/mol. The van der Waals surface area contributed by atoms with Crippen molar-refractivity contribution < 1.29 is 23.9 Å². The number of thioether (sulfide) groups is 1. The Morgan fingerprint density at radius 1 is 1.17 bits per heavy atom. The number of esters is 1. The predicted octanol–water partition coefficient (Wildman–Crippen LogP) is 1.96. The maximum absolute atomic E-state index is 12.4. The number of nitrogens with one attached hydrogen (secondary N) is 1. The smallest absolute Gasteiger partial charge is 0.326 e. The first-order valence-electron chi connectivity index (χ1n) is 9.40. The molecule has 2 fully saturated rings. The molecule has 1 heterocycles.